The summed E-state index contributed by atoms with van der Waals surface area (Å²) in [5.41, 5.74) is 2.99. The Bertz CT molecular complexity index is 831. The number of rotatable bonds is 4. The molecule has 6 heteroatoms. The van der Waals surface area contributed by atoms with Crippen molar-refractivity contribution in [3.8, 4) is 0 Å². The number of nitrogens with zero attached hydrogens (tertiary/aromatic N) is 3. The third kappa shape index (κ3) is 3.96. The Morgan fingerprint density at radius 3 is 2.79 bits per heavy atom. The number of H-pyrrole nitrogens is 1. The van der Waals surface area contributed by atoms with E-state index in [9.17, 15) is 9.59 Å². The van der Waals surface area contributed by atoms with E-state index < -0.39 is 0 Å². The van der Waals surface area contributed by atoms with Gasteiger partial charge in [-0.2, -0.15) is 0 Å². The number of likely N-dealkylation sites (tertiary alicyclic amines) is 2. The van der Waals surface area contributed by atoms with Gasteiger partial charge >= 0.3 is 0 Å². The van der Waals surface area contributed by atoms with E-state index in [1.165, 1.54) is 0 Å². The van der Waals surface area contributed by atoms with Gasteiger partial charge in [-0.15, -0.1) is 0 Å². The highest BCUT2D eigenvalue weighted by Gasteiger charge is 2.42. The second kappa shape index (κ2) is 7.78. The summed E-state index contributed by atoms with van der Waals surface area (Å²) < 4.78 is 0. The molecule has 2 aromatic rings. The van der Waals surface area contributed by atoms with E-state index in [0.29, 0.717) is 13.0 Å². The highest BCUT2D eigenvalue weighted by atomic mass is 16.2. The van der Waals surface area contributed by atoms with Gasteiger partial charge in [-0.1, -0.05) is 17.7 Å². The summed E-state index contributed by atoms with van der Waals surface area (Å²) in [6.07, 6.45) is 7.81. The van der Waals surface area contributed by atoms with Crippen LogP contribution < -0.4 is 0 Å². The zero-order chi connectivity index (χ0) is 19.6. The minimum Gasteiger partial charge on any atom is -0.348 e. The van der Waals surface area contributed by atoms with Gasteiger partial charge in [0.2, 0.25) is 5.91 Å². The minimum absolute atomic E-state index is 0.0283. The number of piperidine rings is 2. The number of amides is 2. The van der Waals surface area contributed by atoms with Crippen LogP contribution in [0.4, 0.5) is 0 Å². The molecule has 4 rings (SSSR count). The molecular weight excluding hydrogens is 352 g/mol. The van der Waals surface area contributed by atoms with E-state index in [1.807, 2.05) is 47.2 Å². The van der Waals surface area contributed by atoms with E-state index in [1.54, 1.807) is 6.33 Å². The van der Waals surface area contributed by atoms with Gasteiger partial charge < -0.3 is 14.8 Å². The third-order valence-corrected chi connectivity index (χ3v) is 6.20. The summed E-state index contributed by atoms with van der Waals surface area (Å²) in [5, 5.41) is 0. The lowest BCUT2D eigenvalue weighted by Gasteiger charge is -2.48. The van der Waals surface area contributed by atoms with Crippen LogP contribution in [0, 0.1) is 12.3 Å². The first kappa shape index (κ1) is 18.7. The summed E-state index contributed by atoms with van der Waals surface area (Å²) >= 11 is 0. The summed E-state index contributed by atoms with van der Waals surface area (Å²) in [4.78, 5) is 36.6. The molecule has 0 bridgehead atoms. The number of hydrogen-bond donors (Lipinski definition) is 1. The SMILES string of the molecule is Cc1ccc(C(=O)N2CCCC3(CCC(=O)N(CCc4cnc[nH]4)C3)C2)cc1. The van der Waals surface area contributed by atoms with Crippen molar-refractivity contribution in [1.29, 1.82) is 0 Å². The molecule has 28 heavy (non-hydrogen) atoms. The molecular formula is C22H28N4O2. The van der Waals surface area contributed by atoms with Crippen LogP contribution in [0.15, 0.2) is 36.8 Å². The average molecular weight is 380 g/mol. The van der Waals surface area contributed by atoms with Gasteiger partial charge in [0, 0.05) is 61.9 Å². The lowest BCUT2D eigenvalue weighted by Crippen LogP contribution is -2.55. The van der Waals surface area contributed by atoms with Gasteiger partial charge in [-0.3, -0.25) is 9.59 Å². The molecule has 1 N–H and O–H groups in total. The molecule has 1 atom stereocenters. The molecule has 0 aliphatic carbocycles. The van der Waals surface area contributed by atoms with E-state index in [-0.39, 0.29) is 17.2 Å². The number of carbonyl (C=O) groups is 2. The maximum absolute atomic E-state index is 13.0. The van der Waals surface area contributed by atoms with Crippen LogP contribution in [0.1, 0.15) is 47.3 Å². The Balaban J connectivity index is 1.43. The molecule has 2 fully saturated rings. The summed E-state index contributed by atoms with van der Waals surface area (Å²) in [5.74, 6) is 0.340. The van der Waals surface area contributed by atoms with Crippen LogP contribution in [0.3, 0.4) is 0 Å². The first-order chi connectivity index (χ1) is 13.5. The molecule has 0 radical (unpaired) electrons. The van der Waals surface area contributed by atoms with Crippen LogP contribution in [-0.4, -0.2) is 57.8 Å². The van der Waals surface area contributed by atoms with Crippen molar-refractivity contribution < 1.29 is 9.59 Å². The Hall–Kier alpha value is -2.63. The fourth-order valence-corrected chi connectivity index (χ4v) is 4.58. The summed E-state index contributed by atoms with van der Waals surface area (Å²) in [7, 11) is 0. The molecule has 2 amide bonds. The van der Waals surface area contributed by atoms with Gasteiger partial charge in [-0.05, 0) is 38.3 Å². The standard InChI is InChI=1S/C22H28N4O2/c1-17-3-5-18(6-4-17)21(28)26-11-2-9-22(15-26)10-7-20(27)25(14-22)12-8-19-13-23-16-24-19/h3-6,13,16H,2,7-12,14-15H2,1H3,(H,23,24). The van der Waals surface area contributed by atoms with Crippen molar-refractivity contribution in [3.63, 3.8) is 0 Å². The number of nitrogens with one attached hydrogen (secondary N) is 1. The third-order valence-electron chi connectivity index (χ3n) is 6.20. The number of imidazole rings is 1. The maximum Gasteiger partial charge on any atom is 0.253 e. The quantitative estimate of drug-likeness (QED) is 0.887. The highest BCUT2D eigenvalue weighted by Crippen LogP contribution is 2.39. The molecule has 148 valence electrons. The van der Waals surface area contributed by atoms with E-state index in [0.717, 1.165) is 62.1 Å². The molecule has 2 saturated heterocycles. The van der Waals surface area contributed by atoms with Gasteiger partial charge in [-0.25, -0.2) is 4.98 Å². The van der Waals surface area contributed by atoms with Crippen LogP contribution in [0.2, 0.25) is 0 Å². The van der Waals surface area contributed by atoms with Crippen molar-refractivity contribution in [3.05, 3.63) is 53.6 Å². The van der Waals surface area contributed by atoms with Crippen LogP contribution >= 0.6 is 0 Å². The highest BCUT2D eigenvalue weighted by molar-refractivity contribution is 5.94. The molecule has 0 saturated carbocycles. The second-order valence-corrected chi connectivity index (χ2v) is 8.34. The Labute approximate surface area is 165 Å². The molecule has 3 heterocycles. The lowest BCUT2D eigenvalue weighted by atomic mass is 9.73. The topological polar surface area (TPSA) is 69.3 Å². The second-order valence-electron chi connectivity index (χ2n) is 8.34. The van der Waals surface area contributed by atoms with Crippen molar-refractivity contribution in [2.45, 2.75) is 39.0 Å². The van der Waals surface area contributed by atoms with Gasteiger partial charge in [0.25, 0.3) is 5.91 Å². The number of aromatic nitrogens is 2. The van der Waals surface area contributed by atoms with Crippen molar-refractivity contribution in [1.82, 2.24) is 19.8 Å². The number of aromatic amines is 1. The molecule has 6 nitrogen and oxygen atoms in total. The molecule has 2 aliphatic heterocycles. The number of aryl methyl sites for hydroxylation is 1. The zero-order valence-corrected chi connectivity index (χ0v) is 16.5. The summed E-state index contributed by atoms with van der Waals surface area (Å²) in [6.45, 7) is 5.03. The molecule has 1 aromatic carbocycles. The average Bonchev–Trinajstić information content (AvgIpc) is 3.23. The summed E-state index contributed by atoms with van der Waals surface area (Å²) in [6, 6.07) is 7.81. The number of benzene rings is 1. The largest absolute Gasteiger partial charge is 0.348 e. The first-order valence-electron chi connectivity index (χ1n) is 10.2. The van der Waals surface area contributed by atoms with Gasteiger partial charge in [0.1, 0.15) is 0 Å². The Morgan fingerprint density at radius 1 is 1.21 bits per heavy atom. The maximum atomic E-state index is 13.0. The van der Waals surface area contributed by atoms with Crippen molar-refractivity contribution in [2.75, 3.05) is 26.2 Å². The molecule has 2 aliphatic rings. The van der Waals surface area contributed by atoms with E-state index in [2.05, 4.69) is 9.97 Å². The fourth-order valence-electron chi connectivity index (χ4n) is 4.58. The Morgan fingerprint density at radius 2 is 2.04 bits per heavy atom. The molecule has 1 unspecified atom stereocenters. The monoisotopic (exact) mass is 380 g/mol. The van der Waals surface area contributed by atoms with E-state index in [4.69, 9.17) is 0 Å². The van der Waals surface area contributed by atoms with Gasteiger partial charge in [0.15, 0.2) is 0 Å². The first-order valence-corrected chi connectivity index (χ1v) is 10.2. The van der Waals surface area contributed by atoms with E-state index >= 15 is 0 Å². The van der Waals surface area contributed by atoms with Crippen molar-refractivity contribution >= 4 is 11.8 Å². The van der Waals surface area contributed by atoms with Crippen molar-refractivity contribution in [2.24, 2.45) is 5.41 Å². The zero-order valence-electron chi connectivity index (χ0n) is 16.5. The van der Waals surface area contributed by atoms with Crippen LogP contribution in [0.25, 0.3) is 0 Å². The predicted molar refractivity (Wildman–Crippen MR) is 107 cm³/mol. The smallest absolute Gasteiger partial charge is 0.253 e. The van der Waals surface area contributed by atoms with Crippen LogP contribution in [0.5, 0.6) is 0 Å². The number of carbonyl (C=O) groups excluding carboxylic acids is 2. The minimum atomic E-state index is 0.0283. The normalized spacial score (nSPS) is 22.7. The van der Waals surface area contributed by atoms with Crippen LogP contribution in [-0.2, 0) is 11.2 Å². The fraction of sp³-hybridized carbons (Fsp3) is 0.500. The van der Waals surface area contributed by atoms with Gasteiger partial charge in [0.05, 0.1) is 6.33 Å². The molecule has 1 aromatic heterocycles. The lowest BCUT2D eigenvalue weighted by molar-refractivity contribution is -0.138. The number of hydrogen-bond acceptors (Lipinski definition) is 3. The Kier molecular flexibility index (Phi) is 5.20. The predicted octanol–water partition coefficient (Wildman–Crippen LogP) is 2.81. The molecule has 1 spiro atoms.